The Bertz CT molecular complexity index is 1040. The minimum Gasteiger partial charge on any atom is -0.355 e. The van der Waals surface area contributed by atoms with Crippen molar-refractivity contribution in [3.8, 4) is 5.82 Å². The molecule has 30 heavy (non-hydrogen) atoms. The highest BCUT2D eigenvalue weighted by Gasteiger charge is 2.32. The summed E-state index contributed by atoms with van der Waals surface area (Å²) in [7, 11) is 0. The van der Waals surface area contributed by atoms with Crippen molar-refractivity contribution in [2.45, 2.75) is 38.4 Å². The van der Waals surface area contributed by atoms with Crippen LogP contribution in [0.25, 0.3) is 5.82 Å². The first-order valence-corrected chi connectivity index (χ1v) is 10.2. The monoisotopic (exact) mass is 407 g/mol. The minimum absolute atomic E-state index is 0.102. The second-order valence-electron chi connectivity index (χ2n) is 7.66. The number of rotatable bonds is 3. The summed E-state index contributed by atoms with van der Waals surface area (Å²) in [5, 5.41) is 13.2. The van der Waals surface area contributed by atoms with Crippen LogP contribution in [0.4, 0.5) is 15.9 Å². The second kappa shape index (κ2) is 7.81. The third-order valence-corrected chi connectivity index (χ3v) is 5.63. The number of nitrogens with zero attached hydrogens (tertiary/aromatic N) is 7. The Morgan fingerprint density at radius 2 is 1.90 bits per heavy atom. The number of hydrogen-bond donors (Lipinski definition) is 0. The molecule has 1 saturated heterocycles. The van der Waals surface area contributed by atoms with Crippen LogP contribution in [-0.2, 0) is 6.54 Å². The Labute approximate surface area is 173 Å². The lowest BCUT2D eigenvalue weighted by Gasteiger charge is -2.26. The van der Waals surface area contributed by atoms with Gasteiger partial charge in [0, 0.05) is 25.5 Å². The number of amides is 1. The third-order valence-electron chi connectivity index (χ3n) is 5.63. The molecule has 1 fully saturated rings. The van der Waals surface area contributed by atoms with E-state index in [1.165, 1.54) is 0 Å². The number of pyridine rings is 1. The van der Waals surface area contributed by atoms with Crippen molar-refractivity contribution in [3.63, 3.8) is 0 Å². The fourth-order valence-electron chi connectivity index (χ4n) is 3.97. The molecule has 0 saturated carbocycles. The Morgan fingerprint density at radius 1 is 1.03 bits per heavy atom. The topological polar surface area (TPSA) is 80.0 Å². The van der Waals surface area contributed by atoms with E-state index < -0.39 is 6.17 Å². The molecule has 3 aromatic rings. The van der Waals surface area contributed by atoms with Gasteiger partial charge in [-0.15, -0.1) is 10.2 Å². The lowest BCUT2D eigenvalue weighted by Crippen LogP contribution is -2.30. The number of halogens is 1. The maximum atomic E-state index is 13.7. The van der Waals surface area contributed by atoms with Gasteiger partial charge < -0.3 is 9.80 Å². The molecule has 0 radical (unpaired) electrons. The summed E-state index contributed by atoms with van der Waals surface area (Å²) in [5.74, 6) is 1.19. The zero-order valence-corrected chi connectivity index (χ0v) is 16.5. The van der Waals surface area contributed by atoms with Gasteiger partial charge in [-0.3, -0.25) is 9.78 Å². The van der Waals surface area contributed by atoms with E-state index in [2.05, 4.69) is 25.2 Å². The van der Waals surface area contributed by atoms with E-state index in [4.69, 9.17) is 0 Å². The maximum Gasteiger partial charge on any atom is 0.262 e. The van der Waals surface area contributed by atoms with Crippen LogP contribution in [-0.4, -0.2) is 50.1 Å². The zero-order chi connectivity index (χ0) is 20.5. The molecule has 2 aliphatic rings. The van der Waals surface area contributed by atoms with E-state index >= 15 is 0 Å². The smallest absolute Gasteiger partial charge is 0.262 e. The average Bonchev–Trinajstić information content (AvgIpc) is 3.31. The second-order valence-corrected chi connectivity index (χ2v) is 7.66. The number of carbonyl (C=O) groups is 1. The number of fused-ring (bicyclic) bond motifs is 1. The molecule has 0 aromatic carbocycles. The van der Waals surface area contributed by atoms with Crippen molar-refractivity contribution >= 4 is 17.4 Å². The lowest BCUT2D eigenvalue weighted by atomic mass is 10.1. The predicted octanol–water partition coefficient (Wildman–Crippen LogP) is 2.94. The number of carbonyl (C=O) groups excluding carboxylic acids is 1. The Kier molecular flexibility index (Phi) is 4.86. The van der Waals surface area contributed by atoms with Gasteiger partial charge in [-0.1, -0.05) is 0 Å². The van der Waals surface area contributed by atoms with Crippen LogP contribution in [0.5, 0.6) is 0 Å². The first kappa shape index (κ1) is 18.7. The number of hydrogen-bond acceptors (Lipinski definition) is 6. The van der Waals surface area contributed by atoms with E-state index in [0.29, 0.717) is 43.0 Å². The van der Waals surface area contributed by atoms with E-state index in [1.807, 2.05) is 18.2 Å². The fourth-order valence-corrected chi connectivity index (χ4v) is 3.97. The predicted molar refractivity (Wildman–Crippen MR) is 109 cm³/mol. The summed E-state index contributed by atoms with van der Waals surface area (Å²) in [6, 6.07) is 7.37. The molecule has 1 atom stereocenters. The summed E-state index contributed by atoms with van der Waals surface area (Å²) in [4.78, 5) is 20.6. The summed E-state index contributed by atoms with van der Waals surface area (Å²) in [6.45, 7) is 1.90. The Morgan fingerprint density at radius 3 is 2.67 bits per heavy atom. The first-order chi connectivity index (χ1) is 14.7. The molecule has 3 aromatic heterocycles. The highest BCUT2D eigenvalue weighted by molar-refractivity contribution is 6.09. The largest absolute Gasteiger partial charge is 0.355 e. The zero-order valence-electron chi connectivity index (χ0n) is 16.5. The molecule has 0 spiro atoms. The Balaban J connectivity index is 1.32. The molecule has 0 aliphatic carbocycles. The van der Waals surface area contributed by atoms with Gasteiger partial charge in [0.25, 0.3) is 5.91 Å². The van der Waals surface area contributed by atoms with Crippen molar-refractivity contribution < 1.29 is 9.18 Å². The molecule has 8 nitrogen and oxygen atoms in total. The molecule has 1 amide bonds. The van der Waals surface area contributed by atoms with Crippen LogP contribution < -0.4 is 9.80 Å². The fraction of sp³-hybridized carbons (Fsp3) is 0.381. The van der Waals surface area contributed by atoms with Crippen molar-refractivity contribution in [2.24, 2.45) is 0 Å². The van der Waals surface area contributed by atoms with Crippen LogP contribution in [0.15, 0.2) is 42.9 Å². The summed E-state index contributed by atoms with van der Waals surface area (Å²) < 4.78 is 15.3. The van der Waals surface area contributed by atoms with Crippen molar-refractivity contribution in [1.29, 1.82) is 0 Å². The molecule has 9 heteroatoms. The van der Waals surface area contributed by atoms with Crippen LogP contribution in [0.2, 0.25) is 0 Å². The van der Waals surface area contributed by atoms with E-state index in [0.717, 1.165) is 30.9 Å². The van der Waals surface area contributed by atoms with Gasteiger partial charge in [0.05, 0.1) is 29.7 Å². The quantitative estimate of drug-likeness (QED) is 0.664. The molecule has 0 bridgehead atoms. The van der Waals surface area contributed by atoms with Crippen molar-refractivity contribution in [3.05, 3.63) is 54.1 Å². The van der Waals surface area contributed by atoms with E-state index in [1.54, 1.807) is 34.2 Å². The van der Waals surface area contributed by atoms with Gasteiger partial charge in [0.15, 0.2) is 11.6 Å². The molecular weight excluding hydrogens is 385 g/mol. The summed E-state index contributed by atoms with van der Waals surface area (Å²) >= 11 is 0. The van der Waals surface area contributed by atoms with Crippen LogP contribution in [0.3, 0.4) is 0 Å². The number of anilines is 2. The summed E-state index contributed by atoms with van der Waals surface area (Å²) in [6.07, 6.45) is 7.31. The van der Waals surface area contributed by atoms with E-state index in [9.17, 15) is 9.18 Å². The minimum atomic E-state index is -0.740. The molecule has 5 heterocycles. The molecule has 0 N–H and O–H groups in total. The van der Waals surface area contributed by atoms with Gasteiger partial charge in [-0.25, -0.2) is 9.07 Å². The summed E-state index contributed by atoms with van der Waals surface area (Å²) in [5.41, 5.74) is 2.01. The molecule has 1 unspecified atom stereocenters. The number of aromatic nitrogens is 5. The number of alkyl halides is 1. The van der Waals surface area contributed by atoms with Gasteiger partial charge >= 0.3 is 0 Å². The van der Waals surface area contributed by atoms with Gasteiger partial charge in [-0.2, -0.15) is 5.10 Å². The molecule has 154 valence electrons. The standard InChI is InChI=1S/C21H22FN7O/c22-15-4-1-2-10-27(11-8-15)19-6-7-20(25-24-19)29-13-17-18(26-29)14-28(21(17)30)16-5-3-9-23-12-16/h3,5-7,9,12-13,15H,1-2,4,8,10-11,14H2. The van der Waals surface area contributed by atoms with Gasteiger partial charge in [-0.05, 0) is 49.9 Å². The average molecular weight is 407 g/mol. The highest BCUT2D eigenvalue weighted by atomic mass is 19.1. The van der Waals surface area contributed by atoms with Crippen LogP contribution in [0, 0.1) is 0 Å². The maximum absolute atomic E-state index is 13.7. The lowest BCUT2D eigenvalue weighted by molar-refractivity contribution is 0.0996. The molecule has 5 rings (SSSR count). The molecular formula is C21H22FN7O. The van der Waals surface area contributed by atoms with Gasteiger partial charge in [0.1, 0.15) is 6.17 Å². The van der Waals surface area contributed by atoms with Crippen molar-refractivity contribution in [2.75, 3.05) is 22.9 Å². The normalized spacial score (nSPS) is 19.5. The molecule has 2 aliphatic heterocycles. The van der Waals surface area contributed by atoms with Crippen molar-refractivity contribution in [1.82, 2.24) is 25.0 Å². The first-order valence-electron chi connectivity index (χ1n) is 10.2. The Hall–Kier alpha value is -3.36. The van der Waals surface area contributed by atoms with Gasteiger partial charge in [0.2, 0.25) is 0 Å². The van der Waals surface area contributed by atoms with Crippen LogP contribution in [0.1, 0.15) is 41.7 Å². The van der Waals surface area contributed by atoms with Crippen LogP contribution >= 0.6 is 0 Å². The highest BCUT2D eigenvalue weighted by Crippen LogP contribution is 2.27. The third kappa shape index (κ3) is 3.51. The SMILES string of the molecule is O=C1c2cn(-c3ccc(N4CCCCC(F)CC4)nn3)nc2CN1c1cccnc1. The van der Waals surface area contributed by atoms with E-state index in [-0.39, 0.29) is 5.91 Å².